The van der Waals surface area contributed by atoms with Crippen molar-refractivity contribution < 1.29 is 23.4 Å². The van der Waals surface area contributed by atoms with E-state index in [1.165, 1.54) is 12.1 Å². The Morgan fingerprint density at radius 1 is 0.952 bits per heavy atom. The Morgan fingerprint density at radius 2 is 1.74 bits per heavy atom. The molecule has 0 radical (unpaired) electrons. The highest BCUT2D eigenvalue weighted by Crippen LogP contribution is 2.43. The van der Waals surface area contributed by atoms with Gasteiger partial charge in [0.25, 0.3) is 0 Å². The molecule has 0 aliphatic carbocycles. The Labute approximate surface area is 250 Å². The van der Waals surface area contributed by atoms with Gasteiger partial charge in [-0.15, -0.1) is 0 Å². The standard InChI is InChI=1S/C35H33ClFNO4/c1-21-9-10-25(37)17-31(21)41-20-29-27(13-14-30-34(29)22(2)19-35(3,4)38-30)28-12-11-26(18-32(28)40-5)42-33(39)16-23-7-6-8-24(36)15-23/h6-15,17-19,38H,16,20H2,1-5H3. The number of rotatable bonds is 8. The molecular weight excluding hydrogens is 553 g/mol. The second kappa shape index (κ2) is 11.9. The average Bonchev–Trinajstić information content (AvgIpc) is 2.92. The third-order valence-corrected chi connectivity index (χ3v) is 7.43. The molecule has 42 heavy (non-hydrogen) atoms. The molecule has 0 spiro atoms. The summed E-state index contributed by atoms with van der Waals surface area (Å²) in [5, 5.41) is 4.16. The van der Waals surface area contributed by atoms with E-state index in [4.69, 9.17) is 25.8 Å². The van der Waals surface area contributed by atoms with Crippen LogP contribution in [0.1, 0.15) is 43.0 Å². The van der Waals surface area contributed by atoms with E-state index in [0.717, 1.165) is 44.6 Å². The Hall–Kier alpha value is -4.29. The van der Waals surface area contributed by atoms with Gasteiger partial charge in [-0.3, -0.25) is 4.79 Å². The highest BCUT2D eigenvalue weighted by atomic mass is 35.5. The summed E-state index contributed by atoms with van der Waals surface area (Å²) in [7, 11) is 1.58. The molecule has 0 saturated carbocycles. The summed E-state index contributed by atoms with van der Waals surface area (Å²) in [6.07, 6.45) is 2.28. The van der Waals surface area contributed by atoms with Crippen molar-refractivity contribution in [3.63, 3.8) is 0 Å². The lowest BCUT2D eigenvalue weighted by atomic mass is 9.85. The van der Waals surface area contributed by atoms with Crippen molar-refractivity contribution >= 4 is 28.8 Å². The lowest BCUT2D eigenvalue weighted by Gasteiger charge is -2.33. The maximum absolute atomic E-state index is 14.0. The van der Waals surface area contributed by atoms with Crippen LogP contribution in [-0.2, 0) is 17.8 Å². The summed E-state index contributed by atoms with van der Waals surface area (Å²) >= 11 is 6.05. The van der Waals surface area contributed by atoms with E-state index in [0.29, 0.717) is 22.3 Å². The molecule has 0 aromatic heterocycles. The minimum atomic E-state index is -0.408. The van der Waals surface area contributed by atoms with E-state index in [1.807, 2.05) is 25.1 Å². The fourth-order valence-electron chi connectivity index (χ4n) is 5.42. The molecule has 1 N–H and O–H groups in total. The van der Waals surface area contributed by atoms with Gasteiger partial charge in [0.05, 0.1) is 19.1 Å². The van der Waals surface area contributed by atoms with Crippen LogP contribution < -0.4 is 19.5 Å². The van der Waals surface area contributed by atoms with Crippen molar-refractivity contribution in [1.82, 2.24) is 0 Å². The molecule has 0 saturated heterocycles. The number of allylic oxidation sites excluding steroid dienone is 1. The largest absolute Gasteiger partial charge is 0.496 e. The average molecular weight is 586 g/mol. The van der Waals surface area contributed by atoms with Crippen LogP contribution in [0, 0.1) is 12.7 Å². The number of fused-ring (bicyclic) bond motifs is 1. The summed E-state index contributed by atoms with van der Waals surface area (Å²) in [4.78, 5) is 12.7. The summed E-state index contributed by atoms with van der Waals surface area (Å²) < 4.78 is 31.7. The lowest BCUT2D eigenvalue weighted by molar-refractivity contribution is -0.133. The molecule has 4 aromatic rings. The number of carbonyl (C=O) groups is 1. The molecule has 5 rings (SSSR count). The molecule has 1 aliphatic rings. The van der Waals surface area contributed by atoms with Crippen LogP contribution in [0.25, 0.3) is 16.7 Å². The maximum Gasteiger partial charge on any atom is 0.315 e. The highest BCUT2D eigenvalue weighted by Gasteiger charge is 2.27. The van der Waals surface area contributed by atoms with Gasteiger partial charge in [0, 0.05) is 39.5 Å². The van der Waals surface area contributed by atoms with E-state index in [2.05, 4.69) is 38.2 Å². The first-order valence-corrected chi connectivity index (χ1v) is 14.1. The van der Waals surface area contributed by atoms with E-state index >= 15 is 0 Å². The Bertz CT molecular complexity index is 1690. The zero-order valence-electron chi connectivity index (χ0n) is 24.3. The number of benzene rings is 4. The first kappa shape index (κ1) is 29.2. The number of hydrogen-bond acceptors (Lipinski definition) is 5. The lowest BCUT2D eigenvalue weighted by Crippen LogP contribution is -2.32. The maximum atomic E-state index is 14.0. The minimum absolute atomic E-state index is 0.0887. The van der Waals surface area contributed by atoms with Crippen LogP contribution in [-0.4, -0.2) is 18.6 Å². The van der Waals surface area contributed by atoms with Gasteiger partial charge in [-0.25, -0.2) is 4.39 Å². The van der Waals surface area contributed by atoms with Crippen LogP contribution in [0.5, 0.6) is 17.2 Å². The molecule has 4 aromatic carbocycles. The van der Waals surface area contributed by atoms with Gasteiger partial charge in [0.1, 0.15) is 29.7 Å². The number of methoxy groups -OCH3 is 1. The van der Waals surface area contributed by atoms with Crippen LogP contribution in [0.15, 0.2) is 78.9 Å². The third kappa shape index (κ3) is 6.44. The molecule has 0 fully saturated rings. The first-order chi connectivity index (χ1) is 20.0. The zero-order chi connectivity index (χ0) is 30.0. The molecule has 5 nitrogen and oxygen atoms in total. The molecule has 0 amide bonds. The van der Waals surface area contributed by atoms with E-state index in [1.54, 1.807) is 43.5 Å². The Morgan fingerprint density at radius 3 is 2.50 bits per heavy atom. The van der Waals surface area contributed by atoms with Crippen molar-refractivity contribution in [1.29, 1.82) is 0 Å². The van der Waals surface area contributed by atoms with Gasteiger partial charge < -0.3 is 19.5 Å². The quantitative estimate of drug-likeness (QED) is 0.165. The van der Waals surface area contributed by atoms with Crippen molar-refractivity contribution in [2.45, 2.75) is 46.3 Å². The number of aryl methyl sites for hydroxylation is 1. The predicted molar refractivity (Wildman–Crippen MR) is 166 cm³/mol. The fourth-order valence-corrected chi connectivity index (χ4v) is 5.63. The van der Waals surface area contributed by atoms with Crippen molar-refractivity contribution in [3.05, 3.63) is 112 Å². The SMILES string of the molecule is COc1cc(OC(=O)Cc2cccc(Cl)c2)ccc1-c1ccc2c(c1COc1cc(F)ccc1C)C(C)=CC(C)(C)N2. The molecular formula is C35H33ClFNO4. The summed E-state index contributed by atoms with van der Waals surface area (Å²) in [5.74, 6) is 0.630. The number of nitrogens with one attached hydrogen (secondary N) is 1. The zero-order valence-corrected chi connectivity index (χ0v) is 25.1. The first-order valence-electron chi connectivity index (χ1n) is 13.7. The van der Waals surface area contributed by atoms with E-state index in [9.17, 15) is 9.18 Å². The van der Waals surface area contributed by atoms with Crippen LogP contribution in [0.2, 0.25) is 5.02 Å². The van der Waals surface area contributed by atoms with Gasteiger partial charge in [0.15, 0.2) is 0 Å². The monoisotopic (exact) mass is 585 g/mol. The second-order valence-electron chi connectivity index (χ2n) is 11.0. The van der Waals surface area contributed by atoms with Gasteiger partial charge in [-0.05, 0) is 86.4 Å². The second-order valence-corrected chi connectivity index (χ2v) is 11.5. The van der Waals surface area contributed by atoms with Gasteiger partial charge >= 0.3 is 5.97 Å². The van der Waals surface area contributed by atoms with E-state index < -0.39 is 5.97 Å². The Kier molecular flexibility index (Phi) is 8.28. The fraction of sp³-hybridized carbons (Fsp3) is 0.229. The highest BCUT2D eigenvalue weighted by molar-refractivity contribution is 6.30. The number of halogens is 2. The van der Waals surface area contributed by atoms with Gasteiger partial charge in [0.2, 0.25) is 0 Å². The van der Waals surface area contributed by atoms with Crippen molar-refractivity contribution in [2.24, 2.45) is 0 Å². The topological polar surface area (TPSA) is 56.8 Å². The summed E-state index contributed by atoms with van der Waals surface area (Å²) in [6.45, 7) is 8.42. The van der Waals surface area contributed by atoms with E-state index in [-0.39, 0.29) is 24.4 Å². The number of anilines is 1. The minimum Gasteiger partial charge on any atom is -0.496 e. The Balaban J connectivity index is 1.51. The third-order valence-electron chi connectivity index (χ3n) is 7.20. The van der Waals surface area contributed by atoms with Gasteiger partial charge in [-0.2, -0.15) is 0 Å². The molecule has 0 unspecified atom stereocenters. The number of carbonyl (C=O) groups excluding carboxylic acids is 1. The van der Waals surface area contributed by atoms with Crippen LogP contribution in [0.4, 0.5) is 10.1 Å². The number of esters is 1. The number of hydrogen-bond donors (Lipinski definition) is 1. The smallest absolute Gasteiger partial charge is 0.315 e. The summed E-state index contributed by atoms with van der Waals surface area (Å²) in [6, 6.07) is 21.1. The molecule has 216 valence electrons. The van der Waals surface area contributed by atoms with Gasteiger partial charge in [-0.1, -0.05) is 41.9 Å². The number of ether oxygens (including phenoxy) is 3. The molecule has 7 heteroatoms. The molecule has 1 heterocycles. The van der Waals surface area contributed by atoms with Crippen molar-refractivity contribution in [2.75, 3.05) is 12.4 Å². The predicted octanol–water partition coefficient (Wildman–Crippen LogP) is 8.80. The van der Waals surface area contributed by atoms with Crippen LogP contribution >= 0.6 is 11.6 Å². The summed E-state index contributed by atoms with van der Waals surface area (Å²) in [5.41, 5.74) is 7.15. The molecule has 1 aliphatic heterocycles. The van der Waals surface area contributed by atoms with Crippen molar-refractivity contribution in [3.8, 4) is 28.4 Å². The molecule has 0 bridgehead atoms. The van der Waals surface area contributed by atoms with Crippen LogP contribution in [0.3, 0.4) is 0 Å². The molecule has 0 atom stereocenters. The normalized spacial score (nSPS) is 13.5.